The highest BCUT2D eigenvalue weighted by Gasteiger charge is 2.43. The fourth-order valence-corrected chi connectivity index (χ4v) is 5.33. The van der Waals surface area contributed by atoms with Gasteiger partial charge in [-0.2, -0.15) is 0 Å². The van der Waals surface area contributed by atoms with E-state index in [2.05, 4.69) is 5.32 Å². The predicted octanol–water partition coefficient (Wildman–Crippen LogP) is 3.47. The van der Waals surface area contributed by atoms with Crippen molar-refractivity contribution in [2.24, 2.45) is 0 Å². The van der Waals surface area contributed by atoms with E-state index < -0.39 is 45.9 Å². The molecule has 8 nitrogen and oxygen atoms in total. The Bertz CT molecular complexity index is 1260. The third-order valence-corrected chi connectivity index (χ3v) is 7.72. The Balaban J connectivity index is 1.92. The summed E-state index contributed by atoms with van der Waals surface area (Å²) in [5.74, 6) is -1.93. The zero-order valence-corrected chi connectivity index (χ0v) is 21.5. The van der Waals surface area contributed by atoms with Crippen molar-refractivity contribution in [3.8, 4) is 0 Å². The Morgan fingerprint density at radius 1 is 1.09 bits per heavy atom. The lowest BCUT2D eigenvalue weighted by Gasteiger charge is -2.32. The molecule has 182 valence electrons. The molecule has 2 aromatic carbocycles. The lowest BCUT2D eigenvalue weighted by Crippen LogP contribution is -2.54. The van der Waals surface area contributed by atoms with Gasteiger partial charge in [0.05, 0.1) is 15.6 Å². The van der Waals surface area contributed by atoms with Crippen LogP contribution in [0.4, 0.5) is 0 Å². The number of hydrogen-bond acceptors (Lipinski definition) is 5. The first kappa shape index (κ1) is 26.0. The molecule has 1 heterocycles. The van der Waals surface area contributed by atoms with Crippen LogP contribution in [0.3, 0.4) is 0 Å². The van der Waals surface area contributed by atoms with Crippen LogP contribution in [-0.4, -0.2) is 53.5 Å². The summed E-state index contributed by atoms with van der Waals surface area (Å²) in [6, 6.07) is 9.57. The van der Waals surface area contributed by atoms with Gasteiger partial charge in [0.25, 0.3) is 15.9 Å². The number of carbonyl (C=O) groups is 3. The molecule has 1 aliphatic heterocycles. The summed E-state index contributed by atoms with van der Waals surface area (Å²) in [6.45, 7) is 6.14. The van der Waals surface area contributed by atoms with E-state index in [-0.39, 0.29) is 22.0 Å². The van der Waals surface area contributed by atoms with Crippen LogP contribution in [0.25, 0.3) is 0 Å². The summed E-state index contributed by atoms with van der Waals surface area (Å²) in [7, 11) is -4.19. The van der Waals surface area contributed by atoms with Crippen LogP contribution < -0.4 is 5.32 Å². The van der Waals surface area contributed by atoms with Crippen molar-refractivity contribution in [1.82, 2.24) is 14.5 Å². The quantitative estimate of drug-likeness (QED) is 0.621. The average Bonchev–Trinajstić information content (AvgIpc) is 2.93. The molecule has 0 aliphatic carbocycles. The van der Waals surface area contributed by atoms with E-state index >= 15 is 0 Å². The van der Waals surface area contributed by atoms with Crippen LogP contribution in [0.2, 0.25) is 10.0 Å². The second kappa shape index (κ2) is 9.56. The van der Waals surface area contributed by atoms with E-state index in [1.54, 1.807) is 45.0 Å². The normalized spacial score (nSPS) is 15.6. The zero-order chi connectivity index (χ0) is 25.4. The van der Waals surface area contributed by atoms with Crippen LogP contribution in [0.5, 0.6) is 0 Å². The van der Waals surface area contributed by atoms with Gasteiger partial charge in [-0.15, -0.1) is 0 Å². The number of fused-ring (bicyclic) bond motifs is 1. The molecule has 3 amide bonds. The molecular weight excluding hydrogens is 501 g/mol. The summed E-state index contributed by atoms with van der Waals surface area (Å²) >= 11 is 12.1. The van der Waals surface area contributed by atoms with Crippen LogP contribution in [-0.2, 0) is 26.2 Å². The second-order valence-corrected chi connectivity index (χ2v) is 11.6. The highest BCUT2D eigenvalue weighted by atomic mass is 35.5. The van der Waals surface area contributed by atoms with Crippen LogP contribution in [0, 0.1) is 0 Å². The van der Waals surface area contributed by atoms with Gasteiger partial charge in [-0.25, -0.2) is 12.7 Å². The van der Waals surface area contributed by atoms with Gasteiger partial charge < -0.3 is 10.2 Å². The SMILES string of the molecule is C[C@@H](C(=O)NC(C)(C)C)N(Cc1ccc(Cl)c(Cl)c1)C(=O)CN1C(=O)c2ccccc2S1(=O)=O. The maximum absolute atomic E-state index is 13.4. The van der Waals surface area contributed by atoms with Crippen molar-refractivity contribution < 1.29 is 22.8 Å². The number of carbonyl (C=O) groups excluding carboxylic acids is 3. The summed E-state index contributed by atoms with van der Waals surface area (Å²) < 4.78 is 26.4. The lowest BCUT2D eigenvalue weighted by atomic mass is 10.1. The van der Waals surface area contributed by atoms with E-state index in [0.29, 0.717) is 14.9 Å². The van der Waals surface area contributed by atoms with Crippen molar-refractivity contribution in [3.05, 3.63) is 63.6 Å². The average molecular weight is 526 g/mol. The summed E-state index contributed by atoms with van der Waals surface area (Å²) in [4.78, 5) is 40.1. The van der Waals surface area contributed by atoms with Gasteiger partial charge in [-0.3, -0.25) is 14.4 Å². The molecule has 0 radical (unpaired) electrons. The topological polar surface area (TPSA) is 104 Å². The fourth-order valence-electron chi connectivity index (χ4n) is 3.49. The van der Waals surface area contributed by atoms with Crippen LogP contribution >= 0.6 is 23.2 Å². The van der Waals surface area contributed by atoms with Gasteiger partial charge in [0.2, 0.25) is 11.8 Å². The highest BCUT2D eigenvalue weighted by Crippen LogP contribution is 2.30. The number of nitrogens with zero attached hydrogens (tertiary/aromatic N) is 2. The number of sulfonamides is 1. The van der Waals surface area contributed by atoms with E-state index in [1.165, 1.54) is 30.0 Å². The third-order valence-electron chi connectivity index (χ3n) is 5.19. The Kier molecular flexibility index (Phi) is 7.31. The molecule has 0 fully saturated rings. The minimum atomic E-state index is -4.19. The van der Waals surface area contributed by atoms with Gasteiger partial charge in [0, 0.05) is 12.1 Å². The van der Waals surface area contributed by atoms with Crippen molar-refractivity contribution >= 4 is 50.9 Å². The number of halogens is 2. The molecule has 3 rings (SSSR count). The van der Waals surface area contributed by atoms with E-state index in [9.17, 15) is 22.8 Å². The molecule has 2 aromatic rings. The van der Waals surface area contributed by atoms with Crippen molar-refractivity contribution in [1.29, 1.82) is 0 Å². The number of nitrogens with one attached hydrogen (secondary N) is 1. The molecule has 1 N–H and O–H groups in total. The monoisotopic (exact) mass is 525 g/mol. The minimum Gasteiger partial charge on any atom is -0.350 e. The molecule has 0 saturated carbocycles. The van der Waals surface area contributed by atoms with E-state index in [0.717, 1.165) is 0 Å². The second-order valence-electron chi connectivity index (χ2n) is 9.00. The first-order valence-corrected chi connectivity index (χ1v) is 12.6. The number of hydrogen-bond donors (Lipinski definition) is 1. The molecule has 0 unspecified atom stereocenters. The highest BCUT2D eigenvalue weighted by molar-refractivity contribution is 7.90. The minimum absolute atomic E-state index is 0.00450. The van der Waals surface area contributed by atoms with Gasteiger partial charge >= 0.3 is 0 Å². The summed E-state index contributed by atoms with van der Waals surface area (Å²) in [6.07, 6.45) is 0. The Labute approximate surface area is 208 Å². The smallest absolute Gasteiger partial charge is 0.269 e. The van der Waals surface area contributed by atoms with Gasteiger partial charge in [-0.1, -0.05) is 41.4 Å². The standard InChI is InChI=1S/C23H25Cl2N3O5S/c1-14(21(30)26-23(2,3)4)27(12-15-9-10-17(24)18(25)11-15)20(29)13-28-22(31)16-7-5-6-8-19(16)34(28,32)33/h5-11,14H,12-13H2,1-4H3,(H,26,30)/t14-/m0/s1. The lowest BCUT2D eigenvalue weighted by molar-refractivity contribution is -0.141. The molecule has 1 atom stereocenters. The maximum Gasteiger partial charge on any atom is 0.269 e. The first-order chi connectivity index (χ1) is 15.7. The molecule has 0 bridgehead atoms. The number of benzene rings is 2. The predicted molar refractivity (Wildman–Crippen MR) is 129 cm³/mol. The molecule has 0 spiro atoms. The summed E-state index contributed by atoms with van der Waals surface area (Å²) in [5, 5.41) is 3.41. The summed E-state index contributed by atoms with van der Waals surface area (Å²) in [5.41, 5.74) is 0.0291. The van der Waals surface area contributed by atoms with Crippen molar-refractivity contribution in [2.75, 3.05) is 6.54 Å². The molecule has 1 aliphatic rings. The third kappa shape index (κ3) is 5.37. The fraction of sp³-hybridized carbons (Fsp3) is 0.348. The Morgan fingerprint density at radius 2 is 1.74 bits per heavy atom. The van der Waals surface area contributed by atoms with Crippen LogP contribution in [0.15, 0.2) is 47.4 Å². The first-order valence-electron chi connectivity index (χ1n) is 10.4. The van der Waals surface area contributed by atoms with Gasteiger partial charge in [0.15, 0.2) is 0 Å². The molecular formula is C23H25Cl2N3O5S. The number of rotatable bonds is 6. The van der Waals surface area contributed by atoms with Gasteiger partial charge in [-0.05, 0) is 57.5 Å². The number of amides is 3. The van der Waals surface area contributed by atoms with Crippen molar-refractivity contribution in [3.63, 3.8) is 0 Å². The Morgan fingerprint density at radius 3 is 2.32 bits per heavy atom. The van der Waals surface area contributed by atoms with Crippen LogP contribution in [0.1, 0.15) is 43.6 Å². The molecule has 11 heteroatoms. The van der Waals surface area contributed by atoms with Gasteiger partial charge in [0.1, 0.15) is 17.5 Å². The maximum atomic E-state index is 13.4. The largest absolute Gasteiger partial charge is 0.350 e. The Hall–Kier alpha value is -2.62. The molecule has 0 saturated heterocycles. The zero-order valence-electron chi connectivity index (χ0n) is 19.1. The van der Waals surface area contributed by atoms with E-state index in [1.807, 2.05) is 0 Å². The van der Waals surface area contributed by atoms with Crippen molar-refractivity contribution in [2.45, 2.75) is 50.7 Å². The molecule has 34 heavy (non-hydrogen) atoms. The molecule has 0 aromatic heterocycles. The van der Waals surface area contributed by atoms with E-state index in [4.69, 9.17) is 23.2 Å².